The Morgan fingerprint density at radius 1 is 1.37 bits per heavy atom. The number of amides is 1. The zero-order valence-electron chi connectivity index (χ0n) is 10.3. The smallest absolute Gasteiger partial charge is 0.341 e. The molecule has 0 aliphatic carbocycles. The maximum atomic E-state index is 11.8. The van der Waals surface area contributed by atoms with Crippen LogP contribution < -0.4 is 10.1 Å². The first kappa shape index (κ1) is 13.4. The van der Waals surface area contributed by atoms with E-state index in [1.165, 1.54) is 0 Å². The maximum Gasteiger partial charge on any atom is 0.341 e. The van der Waals surface area contributed by atoms with Crippen LogP contribution in [0.4, 0.5) is 5.69 Å². The molecule has 1 fully saturated rings. The third-order valence-electron chi connectivity index (χ3n) is 2.71. The molecule has 6 heteroatoms. The number of rotatable bonds is 5. The molecule has 102 valence electrons. The molecule has 0 spiro atoms. The normalized spacial score (nSPS) is 18.0. The highest BCUT2D eigenvalue weighted by Gasteiger charge is 2.23. The molecule has 1 amide bonds. The molecular weight excluding hydrogens is 250 g/mol. The van der Waals surface area contributed by atoms with Crippen molar-refractivity contribution in [3.63, 3.8) is 0 Å². The van der Waals surface area contributed by atoms with E-state index in [0.29, 0.717) is 18.0 Å². The predicted octanol–water partition coefficient (Wildman–Crippen LogP) is 1.27. The first-order valence-corrected chi connectivity index (χ1v) is 6.02. The van der Waals surface area contributed by atoms with E-state index in [-0.39, 0.29) is 18.6 Å². The van der Waals surface area contributed by atoms with Crippen LogP contribution in [0.5, 0.6) is 5.75 Å². The van der Waals surface area contributed by atoms with Crippen LogP contribution in [0.25, 0.3) is 0 Å². The van der Waals surface area contributed by atoms with Crippen LogP contribution in [0.3, 0.4) is 0 Å². The summed E-state index contributed by atoms with van der Waals surface area (Å²) >= 11 is 0. The summed E-state index contributed by atoms with van der Waals surface area (Å²) in [5.74, 6) is -0.745. The van der Waals surface area contributed by atoms with Crippen LogP contribution in [0.1, 0.15) is 12.8 Å². The summed E-state index contributed by atoms with van der Waals surface area (Å²) in [6.45, 7) is 0.238. The standard InChI is InChI=1S/C13H15NO5/c15-12(16)8-19-10-5-3-9(4-6-10)14-13(17)11-2-1-7-18-11/h3-6,11H,1-2,7-8H2,(H,14,17)(H,15,16)/t11-/m1/s1. The summed E-state index contributed by atoms with van der Waals surface area (Å²) in [5.41, 5.74) is 0.628. The number of carboxylic acid groups (broad SMARTS) is 1. The lowest BCUT2D eigenvalue weighted by molar-refractivity contribution is -0.139. The number of ether oxygens (including phenoxy) is 2. The molecule has 19 heavy (non-hydrogen) atoms. The first-order chi connectivity index (χ1) is 9.15. The lowest BCUT2D eigenvalue weighted by Gasteiger charge is -2.10. The van der Waals surface area contributed by atoms with Crippen LogP contribution in [0.15, 0.2) is 24.3 Å². The molecule has 2 N–H and O–H groups in total. The molecular formula is C13H15NO5. The van der Waals surface area contributed by atoms with Gasteiger partial charge in [-0.3, -0.25) is 4.79 Å². The highest BCUT2D eigenvalue weighted by Crippen LogP contribution is 2.18. The number of carbonyl (C=O) groups is 2. The molecule has 0 aromatic heterocycles. The topological polar surface area (TPSA) is 84.9 Å². The Morgan fingerprint density at radius 2 is 2.11 bits per heavy atom. The molecule has 1 aliphatic heterocycles. The Kier molecular flexibility index (Phi) is 4.35. The first-order valence-electron chi connectivity index (χ1n) is 6.02. The van der Waals surface area contributed by atoms with Crippen molar-refractivity contribution in [2.45, 2.75) is 18.9 Å². The molecule has 0 bridgehead atoms. The fourth-order valence-corrected chi connectivity index (χ4v) is 1.79. The van der Waals surface area contributed by atoms with Crippen molar-refractivity contribution in [2.75, 3.05) is 18.5 Å². The molecule has 1 aromatic rings. The molecule has 1 aliphatic rings. The van der Waals surface area contributed by atoms with Gasteiger partial charge in [-0.1, -0.05) is 0 Å². The second kappa shape index (κ2) is 6.19. The van der Waals surface area contributed by atoms with Gasteiger partial charge in [-0.25, -0.2) is 4.79 Å². The Morgan fingerprint density at radius 3 is 2.68 bits per heavy atom. The molecule has 0 unspecified atom stereocenters. The maximum absolute atomic E-state index is 11.8. The van der Waals surface area contributed by atoms with Crippen LogP contribution >= 0.6 is 0 Å². The molecule has 2 rings (SSSR count). The Bertz CT molecular complexity index is 451. The summed E-state index contributed by atoms with van der Waals surface area (Å²) in [7, 11) is 0. The van der Waals surface area contributed by atoms with E-state index >= 15 is 0 Å². The Hall–Kier alpha value is -2.08. The van der Waals surface area contributed by atoms with Gasteiger partial charge in [0.2, 0.25) is 0 Å². The quantitative estimate of drug-likeness (QED) is 0.837. The SMILES string of the molecule is O=C(O)COc1ccc(NC(=O)[C@H]2CCCO2)cc1. The van der Waals surface area contributed by atoms with Gasteiger partial charge in [0.05, 0.1) is 0 Å². The van der Waals surface area contributed by atoms with Crippen molar-refractivity contribution in [1.82, 2.24) is 0 Å². The van der Waals surface area contributed by atoms with Crippen LogP contribution in [0, 0.1) is 0 Å². The number of nitrogens with one attached hydrogen (secondary N) is 1. The third kappa shape index (κ3) is 3.96. The minimum atomic E-state index is -1.03. The van der Waals surface area contributed by atoms with Crippen LogP contribution in [-0.4, -0.2) is 36.3 Å². The van der Waals surface area contributed by atoms with Gasteiger partial charge in [-0.05, 0) is 37.1 Å². The van der Waals surface area contributed by atoms with E-state index in [9.17, 15) is 9.59 Å². The van der Waals surface area contributed by atoms with Crippen molar-refractivity contribution in [3.8, 4) is 5.75 Å². The monoisotopic (exact) mass is 265 g/mol. The molecule has 6 nitrogen and oxygen atoms in total. The summed E-state index contributed by atoms with van der Waals surface area (Å²) in [6.07, 6.45) is 1.27. The van der Waals surface area contributed by atoms with Crippen molar-refractivity contribution in [2.24, 2.45) is 0 Å². The molecule has 1 aromatic carbocycles. The van der Waals surface area contributed by atoms with Crippen molar-refractivity contribution in [3.05, 3.63) is 24.3 Å². The molecule has 1 saturated heterocycles. The minimum Gasteiger partial charge on any atom is -0.482 e. The fourth-order valence-electron chi connectivity index (χ4n) is 1.79. The largest absolute Gasteiger partial charge is 0.482 e. The second-order valence-electron chi connectivity index (χ2n) is 4.20. The van der Waals surface area contributed by atoms with E-state index in [0.717, 1.165) is 12.8 Å². The molecule has 1 atom stereocenters. The summed E-state index contributed by atoms with van der Waals surface area (Å²) in [6, 6.07) is 6.52. The van der Waals surface area contributed by atoms with E-state index < -0.39 is 5.97 Å². The average Bonchev–Trinajstić information content (AvgIpc) is 2.92. The highest BCUT2D eigenvalue weighted by molar-refractivity contribution is 5.94. The van der Waals surface area contributed by atoms with Crippen molar-refractivity contribution in [1.29, 1.82) is 0 Å². The molecule has 0 saturated carbocycles. The molecule has 1 heterocycles. The lowest BCUT2D eigenvalue weighted by atomic mass is 10.2. The van der Waals surface area contributed by atoms with Gasteiger partial charge in [-0.15, -0.1) is 0 Å². The Balaban J connectivity index is 1.87. The van der Waals surface area contributed by atoms with E-state index in [4.69, 9.17) is 14.6 Å². The third-order valence-corrected chi connectivity index (χ3v) is 2.71. The number of hydrogen-bond acceptors (Lipinski definition) is 4. The number of benzene rings is 1. The lowest BCUT2D eigenvalue weighted by Crippen LogP contribution is -2.26. The number of carbonyl (C=O) groups excluding carboxylic acids is 1. The number of carboxylic acids is 1. The van der Waals surface area contributed by atoms with Gasteiger partial charge in [0.1, 0.15) is 11.9 Å². The van der Waals surface area contributed by atoms with Crippen molar-refractivity contribution >= 4 is 17.6 Å². The Labute approximate surface area is 110 Å². The van der Waals surface area contributed by atoms with Gasteiger partial charge in [0, 0.05) is 12.3 Å². The van der Waals surface area contributed by atoms with Crippen LogP contribution in [-0.2, 0) is 14.3 Å². The van der Waals surface area contributed by atoms with E-state index in [2.05, 4.69) is 5.32 Å². The number of anilines is 1. The number of hydrogen-bond donors (Lipinski definition) is 2. The van der Waals surface area contributed by atoms with Crippen molar-refractivity contribution < 1.29 is 24.2 Å². The number of aliphatic carboxylic acids is 1. The van der Waals surface area contributed by atoms with Gasteiger partial charge in [-0.2, -0.15) is 0 Å². The average molecular weight is 265 g/mol. The minimum absolute atomic E-state index is 0.156. The second-order valence-corrected chi connectivity index (χ2v) is 4.20. The zero-order chi connectivity index (χ0) is 13.7. The van der Waals surface area contributed by atoms with Gasteiger partial charge >= 0.3 is 5.97 Å². The summed E-state index contributed by atoms with van der Waals surface area (Å²) in [5, 5.41) is 11.2. The van der Waals surface area contributed by atoms with Gasteiger partial charge < -0.3 is 19.9 Å². The highest BCUT2D eigenvalue weighted by atomic mass is 16.5. The van der Waals surface area contributed by atoms with E-state index in [1.807, 2.05) is 0 Å². The summed E-state index contributed by atoms with van der Waals surface area (Å²) < 4.78 is 10.3. The predicted molar refractivity (Wildman–Crippen MR) is 67.2 cm³/mol. The fraction of sp³-hybridized carbons (Fsp3) is 0.385. The molecule has 0 radical (unpaired) electrons. The van der Waals surface area contributed by atoms with E-state index in [1.54, 1.807) is 24.3 Å². The van der Waals surface area contributed by atoms with Gasteiger partial charge in [0.15, 0.2) is 6.61 Å². The van der Waals surface area contributed by atoms with Gasteiger partial charge in [0.25, 0.3) is 5.91 Å². The van der Waals surface area contributed by atoms with Crippen LogP contribution in [0.2, 0.25) is 0 Å². The zero-order valence-corrected chi connectivity index (χ0v) is 10.3. The summed E-state index contributed by atoms with van der Waals surface area (Å²) in [4.78, 5) is 22.1.